The van der Waals surface area contributed by atoms with Gasteiger partial charge < -0.3 is 5.32 Å². The molecular formula is C13H17NO2S2. The molecule has 1 aromatic rings. The van der Waals surface area contributed by atoms with Gasteiger partial charge in [-0.25, -0.2) is 8.42 Å². The van der Waals surface area contributed by atoms with E-state index in [1.165, 1.54) is 18.6 Å². The molecule has 0 bridgehead atoms. The molecule has 98 valence electrons. The van der Waals surface area contributed by atoms with Crippen LogP contribution in [0.25, 0.3) is 0 Å². The van der Waals surface area contributed by atoms with E-state index in [-0.39, 0.29) is 11.8 Å². The van der Waals surface area contributed by atoms with Crippen LogP contribution in [-0.4, -0.2) is 31.7 Å². The molecule has 2 atom stereocenters. The number of benzene rings is 1. The van der Waals surface area contributed by atoms with Crippen molar-refractivity contribution < 1.29 is 8.42 Å². The summed E-state index contributed by atoms with van der Waals surface area (Å²) in [6.07, 6.45) is 2.54. The predicted molar refractivity (Wildman–Crippen MR) is 74.7 cm³/mol. The topological polar surface area (TPSA) is 46.2 Å². The minimum atomic E-state index is -3.07. The molecule has 0 saturated carbocycles. The first kappa shape index (κ1) is 12.5. The smallest absolute Gasteiger partial charge is 0.180 e. The maximum atomic E-state index is 12.0. The summed E-state index contributed by atoms with van der Waals surface area (Å²) in [5.41, 5.74) is 0.945. The Balaban J connectivity index is 1.75. The molecule has 1 N–H and O–H groups in total. The van der Waals surface area contributed by atoms with Crippen molar-refractivity contribution in [2.45, 2.75) is 29.0 Å². The van der Waals surface area contributed by atoms with Crippen molar-refractivity contribution in [2.75, 3.05) is 18.1 Å². The first-order chi connectivity index (χ1) is 8.67. The second kappa shape index (κ2) is 4.87. The van der Waals surface area contributed by atoms with E-state index < -0.39 is 9.84 Å². The van der Waals surface area contributed by atoms with E-state index in [0.717, 1.165) is 12.1 Å². The molecule has 0 radical (unpaired) electrons. The molecule has 2 heterocycles. The van der Waals surface area contributed by atoms with E-state index in [4.69, 9.17) is 0 Å². The van der Waals surface area contributed by atoms with Gasteiger partial charge in [-0.3, -0.25) is 0 Å². The fourth-order valence-electron chi connectivity index (χ4n) is 2.70. The van der Waals surface area contributed by atoms with Gasteiger partial charge in [0.25, 0.3) is 0 Å². The predicted octanol–water partition coefficient (Wildman–Crippen LogP) is 2.00. The molecule has 18 heavy (non-hydrogen) atoms. The Morgan fingerprint density at radius 1 is 1.33 bits per heavy atom. The third-order valence-electron chi connectivity index (χ3n) is 3.63. The Morgan fingerprint density at radius 3 is 2.94 bits per heavy atom. The molecule has 1 aromatic carbocycles. The van der Waals surface area contributed by atoms with Crippen molar-refractivity contribution in [1.29, 1.82) is 0 Å². The van der Waals surface area contributed by atoms with Crippen molar-refractivity contribution in [3.05, 3.63) is 29.8 Å². The SMILES string of the molecule is O=S1(=O)CC(NCC2CCCS2)c2ccccc21. The fourth-order valence-corrected chi connectivity index (χ4v) is 5.68. The third kappa shape index (κ3) is 2.31. The van der Waals surface area contributed by atoms with Gasteiger partial charge in [-0.15, -0.1) is 0 Å². The number of hydrogen-bond donors (Lipinski definition) is 1. The summed E-state index contributed by atoms with van der Waals surface area (Å²) in [7, 11) is -3.07. The van der Waals surface area contributed by atoms with Gasteiger partial charge in [0.05, 0.1) is 10.6 Å². The Bertz CT molecular complexity index is 536. The lowest BCUT2D eigenvalue weighted by Crippen LogP contribution is -2.28. The molecule has 1 fully saturated rings. The van der Waals surface area contributed by atoms with E-state index in [1.807, 2.05) is 23.9 Å². The van der Waals surface area contributed by atoms with Gasteiger partial charge in [0, 0.05) is 17.8 Å². The monoisotopic (exact) mass is 283 g/mol. The highest BCUT2D eigenvalue weighted by Gasteiger charge is 2.34. The van der Waals surface area contributed by atoms with Crippen molar-refractivity contribution in [2.24, 2.45) is 0 Å². The molecular weight excluding hydrogens is 266 g/mol. The average Bonchev–Trinajstić information content (AvgIpc) is 2.95. The van der Waals surface area contributed by atoms with Crippen LogP contribution in [0.5, 0.6) is 0 Å². The van der Waals surface area contributed by atoms with Gasteiger partial charge in [-0.05, 0) is 30.2 Å². The number of fused-ring (bicyclic) bond motifs is 1. The minimum Gasteiger partial charge on any atom is -0.308 e. The molecule has 0 aliphatic carbocycles. The zero-order chi connectivity index (χ0) is 12.6. The molecule has 0 amide bonds. The normalized spacial score (nSPS) is 29.3. The summed E-state index contributed by atoms with van der Waals surface area (Å²) >= 11 is 1.99. The highest BCUT2D eigenvalue weighted by molar-refractivity contribution is 8.00. The number of rotatable bonds is 3. The summed E-state index contributed by atoms with van der Waals surface area (Å²) in [5, 5.41) is 4.09. The molecule has 2 aliphatic heterocycles. The lowest BCUT2D eigenvalue weighted by molar-refractivity contribution is 0.556. The van der Waals surface area contributed by atoms with E-state index in [9.17, 15) is 8.42 Å². The number of thioether (sulfide) groups is 1. The molecule has 3 nitrogen and oxygen atoms in total. The largest absolute Gasteiger partial charge is 0.308 e. The standard InChI is InChI=1S/C13H17NO2S2/c15-18(16)9-12(11-5-1-2-6-13(11)18)14-8-10-4-3-7-17-10/h1-2,5-6,10,12,14H,3-4,7-9H2. The number of hydrogen-bond acceptors (Lipinski definition) is 4. The van der Waals surface area contributed by atoms with Gasteiger partial charge in [0.2, 0.25) is 0 Å². The molecule has 0 spiro atoms. The van der Waals surface area contributed by atoms with Crippen molar-refractivity contribution in [3.63, 3.8) is 0 Å². The Morgan fingerprint density at radius 2 is 2.17 bits per heavy atom. The van der Waals surface area contributed by atoms with E-state index >= 15 is 0 Å². The molecule has 5 heteroatoms. The van der Waals surface area contributed by atoms with Crippen LogP contribution in [0.3, 0.4) is 0 Å². The Hall–Kier alpha value is -0.520. The minimum absolute atomic E-state index is 0.0209. The molecule has 1 saturated heterocycles. The van der Waals surface area contributed by atoms with Crippen LogP contribution >= 0.6 is 11.8 Å². The van der Waals surface area contributed by atoms with Crippen molar-refractivity contribution in [1.82, 2.24) is 5.32 Å². The highest BCUT2D eigenvalue weighted by Crippen LogP contribution is 2.33. The Kier molecular flexibility index (Phi) is 3.38. The summed E-state index contributed by atoms with van der Waals surface area (Å²) < 4.78 is 24.0. The fraction of sp³-hybridized carbons (Fsp3) is 0.538. The Labute approximate surface area is 112 Å². The van der Waals surface area contributed by atoms with Gasteiger partial charge >= 0.3 is 0 Å². The quantitative estimate of drug-likeness (QED) is 0.921. The second-order valence-corrected chi connectivity index (χ2v) is 8.33. The van der Waals surface area contributed by atoms with Gasteiger partial charge in [-0.2, -0.15) is 11.8 Å². The van der Waals surface area contributed by atoms with Crippen LogP contribution < -0.4 is 5.32 Å². The molecule has 3 rings (SSSR count). The van der Waals surface area contributed by atoms with Crippen molar-refractivity contribution >= 4 is 21.6 Å². The van der Waals surface area contributed by atoms with E-state index in [0.29, 0.717) is 10.1 Å². The average molecular weight is 283 g/mol. The first-order valence-electron chi connectivity index (χ1n) is 6.33. The van der Waals surface area contributed by atoms with Crippen molar-refractivity contribution in [3.8, 4) is 0 Å². The van der Waals surface area contributed by atoms with Crippen LogP contribution in [0, 0.1) is 0 Å². The maximum Gasteiger partial charge on any atom is 0.180 e. The van der Waals surface area contributed by atoms with Crippen LogP contribution in [0.2, 0.25) is 0 Å². The summed E-state index contributed by atoms with van der Waals surface area (Å²) in [6, 6.07) is 7.34. The summed E-state index contributed by atoms with van der Waals surface area (Å²) in [6.45, 7) is 0.916. The third-order valence-corrected chi connectivity index (χ3v) is 6.84. The molecule has 2 aliphatic rings. The maximum absolute atomic E-state index is 12.0. The van der Waals surface area contributed by atoms with Gasteiger partial charge in [0.15, 0.2) is 9.84 Å². The zero-order valence-corrected chi connectivity index (χ0v) is 11.8. The van der Waals surface area contributed by atoms with E-state index in [2.05, 4.69) is 5.32 Å². The van der Waals surface area contributed by atoms with Gasteiger partial charge in [-0.1, -0.05) is 18.2 Å². The van der Waals surface area contributed by atoms with Crippen LogP contribution in [0.1, 0.15) is 24.4 Å². The number of nitrogens with one attached hydrogen (secondary N) is 1. The van der Waals surface area contributed by atoms with Crippen LogP contribution in [0.15, 0.2) is 29.2 Å². The lowest BCUT2D eigenvalue weighted by Gasteiger charge is -2.15. The van der Waals surface area contributed by atoms with Gasteiger partial charge in [0.1, 0.15) is 0 Å². The summed E-state index contributed by atoms with van der Waals surface area (Å²) in [5.74, 6) is 1.45. The first-order valence-corrected chi connectivity index (χ1v) is 9.03. The molecule has 0 aromatic heterocycles. The second-order valence-electron chi connectivity index (χ2n) is 4.92. The zero-order valence-electron chi connectivity index (χ0n) is 10.1. The highest BCUT2D eigenvalue weighted by atomic mass is 32.2. The molecule has 2 unspecified atom stereocenters. The van der Waals surface area contributed by atoms with E-state index in [1.54, 1.807) is 12.1 Å². The summed E-state index contributed by atoms with van der Waals surface area (Å²) in [4.78, 5) is 0.515. The van der Waals surface area contributed by atoms with Crippen LogP contribution in [0.4, 0.5) is 0 Å². The lowest BCUT2D eigenvalue weighted by atomic mass is 10.1. The van der Waals surface area contributed by atoms with Crippen LogP contribution in [-0.2, 0) is 9.84 Å². The number of sulfone groups is 1.